The lowest BCUT2D eigenvalue weighted by atomic mass is 9.90. The molecule has 1 saturated heterocycles. The van der Waals surface area contributed by atoms with Gasteiger partial charge in [0.05, 0.1) is 6.20 Å². The van der Waals surface area contributed by atoms with E-state index in [9.17, 15) is 4.79 Å². The Morgan fingerprint density at radius 1 is 1.14 bits per heavy atom. The summed E-state index contributed by atoms with van der Waals surface area (Å²) in [5.41, 5.74) is 7.60. The lowest BCUT2D eigenvalue weighted by Gasteiger charge is -2.32. The summed E-state index contributed by atoms with van der Waals surface area (Å²) in [6.45, 7) is 3.60. The molecule has 2 aromatic heterocycles. The van der Waals surface area contributed by atoms with E-state index in [2.05, 4.69) is 51.6 Å². The van der Waals surface area contributed by atoms with Crippen molar-refractivity contribution in [2.24, 2.45) is 0 Å². The van der Waals surface area contributed by atoms with Gasteiger partial charge in [-0.2, -0.15) is 10.2 Å². The van der Waals surface area contributed by atoms with Crippen LogP contribution in [0.3, 0.4) is 0 Å². The molecule has 0 radical (unpaired) electrons. The molecule has 6 nitrogen and oxygen atoms in total. The van der Waals surface area contributed by atoms with Crippen LogP contribution >= 0.6 is 0 Å². The fourth-order valence-electron chi connectivity index (χ4n) is 4.61. The first-order chi connectivity index (χ1) is 13.7. The largest absolute Gasteiger partial charge is 0.337 e. The van der Waals surface area contributed by atoms with Gasteiger partial charge in [0.2, 0.25) is 0 Å². The third-order valence-corrected chi connectivity index (χ3v) is 6.16. The van der Waals surface area contributed by atoms with Crippen molar-refractivity contribution in [2.45, 2.75) is 44.9 Å². The Bertz CT molecular complexity index is 1000. The highest BCUT2D eigenvalue weighted by Gasteiger charge is 2.31. The molecule has 0 bridgehead atoms. The van der Waals surface area contributed by atoms with Crippen LogP contribution in [0.15, 0.2) is 30.5 Å². The number of nitrogens with zero attached hydrogens (tertiary/aromatic N) is 3. The number of fused-ring (bicyclic) bond motifs is 1. The number of carbonyl (C=O) groups is 1. The zero-order valence-electron chi connectivity index (χ0n) is 16.2. The Morgan fingerprint density at radius 3 is 2.86 bits per heavy atom. The second kappa shape index (κ2) is 6.93. The number of aromatic nitrogens is 4. The fourth-order valence-corrected chi connectivity index (χ4v) is 4.61. The normalized spacial score (nSPS) is 19.0. The van der Waals surface area contributed by atoms with E-state index < -0.39 is 0 Å². The number of carbonyl (C=O) groups excluding carboxylic acids is 1. The molecular formula is C22H25N5O. The average Bonchev–Trinajstić information content (AvgIpc) is 3.45. The van der Waals surface area contributed by atoms with Crippen LogP contribution < -0.4 is 0 Å². The third-order valence-electron chi connectivity index (χ3n) is 6.16. The van der Waals surface area contributed by atoms with Crippen molar-refractivity contribution >= 4 is 5.91 Å². The third kappa shape index (κ3) is 2.93. The number of rotatable bonds is 3. The topological polar surface area (TPSA) is 77.7 Å². The maximum absolute atomic E-state index is 13.1. The van der Waals surface area contributed by atoms with E-state index in [0.717, 1.165) is 61.2 Å². The van der Waals surface area contributed by atoms with Crippen LogP contribution in [-0.2, 0) is 12.8 Å². The summed E-state index contributed by atoms with van der Waals surface area (Å²) in [6, 6.07) is 8.53. The highest BCUT2D eigenvalue weighted by molar-refractivity contribution is 5.94. The molecule has 2 N–H and O–H groups in total. The summed E-state index contributed by atoms with van der Waals surface area (Å²) in [5.74, 6) is 0.337. The molecule has 1 fully saturated rings. The van der Waals surface area contributed by atoms with Crippen LogP contribution in [0.2, 0.25) is 0 Å². The summed E-state index contributed by atoms with van der Waals surface area (Å²) >= 11 is 0. The van der Waals surface area contributed by atoms with Crippen molar-refractivity contribution in [1.29, 1.82) is 0 Å². The maximum Gasteiger partial charge on any atom is 0.274 e. The standard InChI is InChI=1S/C22H25N5O/c1-14-7-9-15(10-8-14)18-12-23-25-20(18)16-4-3-11-27(13-16)22(28)21-17-5-2-6-19(17)24-26-21/h7-10,12,16H,2-6,11,13H2,1H3,(H,23,25)(H,24,26)/t16-/m1/s1. The molecule has 1 aliphatic heterocycles. The van der Waals surface area contributed by atoms with Crippen molar-refractivity contribution in [1.82, 2.24) is 25.3 Å². The number of aromatic amines is 2. The van der Waals surface area contributed by atoms with Gasteiger partial charge < -0.3 is 4.90 Å². The number of likely N-dealkylation sites (tertiary alicyclic amines) is 1. The number of aryl methyl sites for hydroxylation is 2. The van der Waals surface area contributed by atoms with Crippen molar-refractivity contribution in [3.05, 3.63) is 58.7 Å². The summed E-state index contributed by atoms with van der Waals surface area (Å²) < 4.78 is 0. The quantitative estimate of drug-likeness (QED) is 0.734. The Balaban J connectivity index is 1.39. The first-order valence-corrected chi connectivity index (χ1v) is 10.2. The molecule has 2 aliphatic rings. The van der Waals surface area contributed by atoms with E-state index in [0.29, 0.717) is 12.2 Å². The number of hydrogen-bond donors (Lipinski definition) is 2. The van der Waals surface area contributed by atoms with Crippen LogP contribution in [0, 0.1) is 6.92 Å². The Labute approximate surface area is 164 Å². The van der Waals surface area contributed by atoms with Gasteiger partial charge in [-0.15, -0.1) is 0 Å². The van der Waals surface area contributed by atoms with Crippen LogP contribution in [0.5, 0.6) is 0 Å². The Kier molecular flexibility index (Phi) is 4.26. The van der Waals surface area contributed by atoms with Gasteiger partial charge >= 0.3 is 0 Å². The van der Waals surface area contributed by atoms with Gasteiger partial charge in [0.25, 0.3) is 5.91 Å². The van der Waals surface area contributed by atoms with Gasteiger partial charge in [-0.05, 0) is 44.6 Å². The summed E-state index contributed by atoms with van der Waals surface area (Å²) in [5, 5.41) is 14.9. The maximum atomic E-state index is 13.1. The van der Waals surface area contributed by atoms with Crippen molar-refractivity contribution in [3.8, 4) is 11.1 Å². The van der Waals surface area contributed by atoms with Gasteiger partial charge in [-0.3, -0.25) is 15.0 Å². The van der Waals surface area contributed by atoms with Gasteiger partial charge in [0, 0.05) is 41.5 Å². The molecule has 1 aromatic carbocycles. The lowest BCUT2D eigenvalue weighted by molar-refractivity contribution is 0.0699. The van der Waals surface area contributed by atoms with Crippen LogP contribution in [0.4, 0.5) is 0 Å². The minimum absolute atomic E-state index is 0.0699. The molecule has 6 heteroatoms. The van der Waals surface area contributed by atoms with Gasteiger partial charge in [0.15, 0.2) is 5.69 Å². The van der Waals surface area contributed by atoms with E-state index in [4.69, 9.17) is 0 Å². The molecule has 5 rings (SSSR count). The SMILES string of the molecule is Cc1ccc(-c2cn[nH]c2[C@@H]2CCCN(C(=O)c3n[nH]c4c3CCC4)C2)cc1. The number of amides is 1. The van der Waals surface area contributed by atoms with E-state index in [1.54, 1.807) is 0 Å². The molecule has 1 atom stereocenters. The highest BCUT2D eigenvalue weighted by Crippen LogP contribution is 2.34. The Morgan fingerprint density at radius 2 is 2.00 bits per heavy atom. The van der Waals surface area contributed by atoms with E-state index in [-0.39, 0.29) is 11.8 Å². The summed E-state index contributed by atoms with van der Waals surface area (Å²) in [4.78, 5) is 15.1. The van der Waals surface area contributed by atoms with E-state index in [1.165, 1.54) is 11.1 Å². The van der Waals surface area contributed by atoms with Crippen molar-refractivity contribution < 1.29 is 4.79 Å². The van der Waals surface area contributed by atoms with Crippen molar-refractivity contribution in [3.63, 3.8) is 0 Å². The van der Waals surface area contributed by atoms with Gasteiger partial charge in [-0.25, -0.2) is 0 Å². The fraction of sp³-hybridized carbons (Fsp3) is 0.409. The van der Waals surface area contributed by atoms with E-state index >= 15 is 0 Å². The zero-order chi connectivity index (χ0) is 19.1. The van der Waals surface area contributed by atoms with Gasteiger partial charge in [-0.1, -0.05) is 29.8 Å². The molecule has 28 heavy (non-hydrogen) atoms. The molecule has 0 saturated carbocycles. The number of hydrogen-bond acceptors (Lipinski definition) is 3. The van der Waals surface area contributed by atoms with E-state index in [1.807, 2.05) is 11.1 Å². The average molecular weight is 375 g/mol. The molecule has 0 spiro atoms. The molecule has 0 unspecified atom stereocenters. The second-order valence-corrected chi connectivity index (χ2v) is 8.04. The molecule has 3 aromatic rings. The van der Waals surface area contributed by atoms with Crippen LogP contribution in [-0.4, -0.2) is 44.3 Å². The van der Waals surface area contributed by atoms with Crippen LogP contribution in [0.25, 0.3) is 11.1 Å². The number of nitrogens with one attached hydrogen (secondary N) is 2. The van der Waals surface area contributed by atoms with Crippen LogP contribution in [0.1, 0.15) is 58.2 Å². The number of benzene rings is 1. The molecule has 144 valence electrons. The highest BCUT2D eigenvalue weighted by atomic mass is 16.2. The second-order valence-electron chi connectivity index (χ2n) is 8.04. The Hall–Kier alpha value is -2.89. The molecule has 1 aliphatic carbocycles. The minimum atomic E-state index is 0.0699. The smallest absolute Gasteiger partial charge is 0.274 e. The number of piperidine rings is 1. The summed E-state index contributed by atoms with van der Waals surface area (Å²) in [6.07, 6.45) is 7.04. The predicted octanol–water partition coefficient (Wildman–Crippen LogP) is 3.62. The molecule has 3 heterocycles. The first-order valence-electron chi connectivity index (χ1n) is 10.2. The number of H-pyrrole nitrogens is 2. The lowest BCUT2D eigenvalue weighted by Crippen LogP contribution is -2.39. The first kappa shape index (κ1) is 17.2. The molecule has 1 amide bonds. The molecular weight excluding hydrogens is 350 g/mol. The van der Waals surface area contributed by atoms with Gasteiger partial charge in [0.1, 0.15) is 0 Å². The zero-order valence-corrected chi connectivity index (χ0v) is 16.2. The summed E-state index contributed by atoms with van der Waals surface area (Å²) in [7, 11) is 0. The van der Waals surface area contributed by atoms with Crippen molar-refractivity contribution in [2.75, 3.05) is 13.1 Å². The predicted molar refractivity (Wildman–Crippen MR) is 107 cm³/mol. The monoisotopic (exact) mass is 375 g/mol. The minimum Gasteiger partial charge on any atom is -0.337 e.